The van der Waals surface area contributed by atoms with Crippen LogP contribution in [0.5, 0.6) is 5.75 Å². The summed E-state index contributed by atoms with van der Waals surface area (Å²) in [5.74, 6) is 0.364. The van der Waals surface area contributed by atoms with Gasteiger partial charge in [-0.1, -0.05) is 53.5 Å². The molecule has 4 nitrogen and oxygen atoms in total. The van der Waals surface area contributed by atoms with Gasteiger partial charge in [-0.3, -0.25) is 4.79 Å². The molecule has 24 heavy (non-hydrogen) atoms. The summed E-state index contributed by atoms with van der Waals surface area (Å²) in [6.07, 6.45) is -0.751. The van der Waals surface area contributed by atoms with Gasteiger partial charge in [0.2, 0.25) is 6.10 Å². The zero-order valence-electron chi connectivity index (χ0n) is 13.0. The molecule has 0 aliphatic carbocycles. The van der Waals surface area contributed by atoms with Crippen molar-refractivity contribution < 1.29 is 14.3 Å². The summed E-state index contributed by atoms with van der Waals surface area (Å²) in [6, 6.07) is 14.3. The minimum absolute atomic E-state index is 0.0967. The normalized spacial score (nSPS) is 15.8. The molecule has 1 fully saturated rings. The van der Waals surface area contributed by atoms with Crippen LogP contribution >= 0.6 is 23.2 Å². The van der Waals surface area contributed by atoms with E-state index in [0.717, 1.165) is 5.56 Å². The third-order valence-corrected chi connectivity index (χ3v) is 4.18. The number of hydrogen-bond acceptors (Lipinski definition) is 3. The van der Waals surface area contributed by atoms with E-state index in [-0.39, 0.29) is 5.91 Å². The molecule has 0 saturated carbocycles. The van der Waals surface area contributed by atoms with Crippen LogP contribution in [-0.2, 0) is 9.53 Å². The number of amides is 1. The second-order valence-electron chi connectivity index (χ2n) is 5.45. The predicted molar refractivity (Wildman–Crippen MR) is 93.7 cm³/mol. The molecule has 1 aliphatic rings. The third kappa shape index (κ3) is 4.20. The number of hydrogen-bond donors (Lipinski definition) is 0. The molecule has 1 aliphatic heterocycles. The smallest absolute Gasteiger partial charge is 0.268 e. The number of benzene rings is 2. The first kappa shape index (κ1) is 17.1. The average Bonchev–Trinajstić information content (AvgIpc) is 2.60. The Bertz CT molecular complexity index is 682. The summed E-state index contributed by atoms with van der Waals surface area (Å²) >= 11 is 12.1. The maximum absolute atomic E-state index is 13.0. The van der Waals surface area contributed by atoms with Crippen molar-refractivity contribution in [3.8, 4) is 5.75 Å². The number of rotatable bonds is 4. The van der Waals surface area contributed by atoms with Gasteiger partial charge in [0.1, 0.15) is 5.75 Å². The first-order valence-corrected chi connectivity index (χ1v) is 8.43. The highest BCUT2D eigenvalue weighted by molar-refractivity contribution is 6.34. The van der Waals surface area contributed by atoms with Gasteiger partial charge < -0.3 is 14.4 Å². The van der Waals surface area contributed by atoms with Crippen molar-refractivity contribution in [2.24, 2.45) is 0 Å². The van der Waals surface area contributed by atoms with E-state index < -0.39 is 6.10 Å². The molecule has 0 bridgehead atoms. The molecule has 0 aromatic heterocycles. The summed E-state index contributed by atoms with van der Waals surface area (Å²) in [4.78, 5) is 14.7. The SMILES string of the molecule is O=C(C(Oc1cc(Cl)cc(Cl)c1)c1ccccc1)N1CCOCC1. The van der Waals surface area contributed by atoms with Crippen molar-refractivity contribution in [2.75, 3.05) is 26.3 Å². The van der Waals surface area contributed by atoms with Crippen LogP contribution < -0.4 is 4.74 Å². The third-order valence-electron chi connectivity index (χ3n) is 3.74. The highest BCUT2D eigenvalue weighted by Gasteiger charge is 2.29. The van der Waals surface area contributed by atoms with Crippen LogP contribution in [0.4, 0.5) is 0 Å². The monoisotopic (exact) mass is 365 g/mol. The van der Waals surface area contributed by atoms with E-state index in [1.807, 2.05) is 30.3 Å². The Balaban J connectivity index is 1.88. The Hall–Kier alpha value is -1.75. The van der Waals surface area contributed by atoms with Gasteiger partial charge in [-0.2, -0.15) is 0 Å². The maximum atomic E-state index is 13.0. The van der Waals surface area contributed by atoms with Crippen LogP contribution in [0.1, 0.15) is 11.7 Å². The Morgan fingerprint density at radius 2 is 1.67 bits per heavy atom. The molecule has 0 spiro atoms. The fourth-order valence-corrected chi connectivity index (χ4v) is 3.08. The first-order chi connectivity index (χ1) is 11.6. The van der Waals surface area contributed by atoms with Gasteiger partial charge in [-0.25, -0.2) is 0 Å². The van der Waals surface area contributed by atoms with Gasteiger partial charge in [0, 0.05) is 28.7 Å². The lowest BCUT2D eigenvalue weighted by molar-refractivity contribution is -0.143. The molecular weight excluding hydrogens is 349 g/mol. The van der Waals surface area contributed by atoms with Crippen LogP contribution in [-0.4, -0.2) is 37.1 Å². The van der Waals surface area contributed by atoms with E-state index in [2.05, 4.69) is 0 Å². The van der Waals surface area contributed by atoms with E-state index in [4.69, 9.17) is 32.7 Å². The molecule has 2 aromatic rings. The summed E-state index contributed by atoms with van der Waals surface area (Å²) < 4.78 is 11.3. The standard InChI is InChI=1S/C18H17Cl2NO3/c19-14-10-15(20)12-16(11-14)24-17(13-4-2-1-3-5-13)18(22)21-6-8-23-9-7-21/h1-5,10-12,17H,6-9H2. The Morgan fingerprint density at radius 3 is 2.29 bits per heavy atom. The quantitative estimate of drug-likeness (QED) is 0.822. The maximum Gasteiger partial charge on any atom is 0.268 e. The first-order valence-electron chi connectivity index (χ1n) is 7.68. The number of nitrogens with zero attached hydrogens (tertiary/aromatic N) is 1. The number of morpholine rings is 1. The van der Waals surface area contributed by atoms with Crippen molar-refractivity contribution >= 4 is 29.1 Å². The van der Waals surface area contributed by atoms with Crippen LogP contribution in [0.2, 0.25) is 10.0 Å². The Labute approximate surface area is 150 Å². The molecule has 0 N–H and O–H groups in total. The van der Waals surface area contributed by atoms with E-state index in [0.29, 0.717) is 42.1 Å². The van der Waals surface area contributed by atoms with Gasteiger partial charge >= 0.3 is 0 Å². The molecule has 1 saturated heterocycles. The zero-order chi connectivity index (χ0) is 16.9. The van der Waals surface area contributed by atoms with Crippen molar-refractivity contribution in [1.82, 2.24) is 4.90 Å². The molecule has 3 rings (SSSR count). The molecular formula is C18H17Cl2NO3. The highest BCUT2D eigenvalue weighted by Crippen LogP contribution is 2.29. The molecule has 2 aromatic carbocycles. The number of carbonyl (C=O) groups is 1. The van der Waals surface area contributed by atoms with E-state index in [1.54, 1.807) is 23.1 Å². The topological polar surface area (TPSA) is 38.8 Å². The van der Waals surface area contributed by atoms with Crippen LogP contribution in [0.3, 0.4) is 0 Å². The van der Waals surface area contributed by atoms with Crippen molar-refractivity contribution in [2.45, 2.75) is 6.10 Å². The molecule has 1 heterocycles. The van der Waals surface area contributed by atoms with Gasteiger partial charge in [-0.05, 0) is 18.2 Å². The van der Waals surface area contributed by atoms with Crippen LogP contribution in [0.15, 0.2) is 48.5 Å². The molecule has 6 heteroatoms. The van der Waals surface area contributed by atoms with Crippen molar-refractivity contribution in [3.05, 3.63) is 64.1 Å². The van der Waals surface area contributed by atoms with Gasteiger partial charge in [-0.15, -0.1) is 0 Å². The van der Waals surface area contributed by atoms with Crippen molar-refractivity contribution in [1.29, 1.82) is 0 Å². The molecule has 0 radical (unpaired) electrons. The molecule has 126 valence electrons. The second kappa shape index (κ2) is 7.88. The summed E-state index contributed by atoms with van der Waals surface area (Å²) in [5.41, 5.74) is 0.782. The number of halogens is 2. The number of ether oxygens (including phenoxy) is 2. The molecule has 1 unspecified atom stereocenters. The van der Waals surface area contributed by atoms with Gasteiger partial charge in [0.25, 0.3) is 5.91 Å². The lowest BCUT2D eigenvalue weighted by Gasteiger charge is -2.30. The summed E-state index contributed by atoms with van der Waals surface area (Å²) in [7, 11) is 0. The highest BCUT2D eigenvalue weighted by atomic mass is 35.5. The Morgan fingerprint density at radius 1 is 1.04 bits per heavy atom. The van der Waals surface area contributed by atoms with Crippen LogP contribution in [0, 0.1) is 0 Å². The van der Waals surface area contributed by atoms with Gasteiger partial charge in [0.05, 0.1) is 13.2 Å². The predicted octanol–water partition coefficient (Wildman–Crippen LogP) is 3.97. The molecule has 1 atom stereocenters. The van der Waals surface area contributed by atoms with Gasteiger partial charge in [0.15, 0.2) is 0 Å². The fourth-order valence-electron chi connectivity index (χ4n) is 2.57. The number of carbonyl (C=O) groups excluding carboxylic acids is 1. The van der Waals surface area contributed by atoms with Crippen LogP contribution in [0.25, 0.3) is 0 Å². The zero-order valence-corrected chi connectivity index (χ0v) is 14.5. The van der Waals surface area contributed by atoms with Crippen molar-refractivity contribution in [3.63, 3.8) is 0 Å². The minimum Gasteiger partial charge on any atom is -0.476 e. The Kier molecular flexibility index (Phi) is 5.61. The summed E-state index contributed by atoms with van der Waals surface area (Å²) in [5, 5.41) is 0.922. The fraction of sp³-hybridized carbons (Fsp3) is 0.278. The largest absolute Gasteiger partial charge is 0.476 e. The lowest BCUT2D eigenvalue weighted by Crippen LogP contribution is -2.44. The second-order valence-corrected chi connectivity index (χ2v) is 6.32. The lowest BCUT2D eigenvalue weighted by atomic mass is 10.1. The van der Waals surface area contributed by atoms with E-state index in [1.165, 1.54) is 0 Å². The average molecular weight is 366 g/mol. The molecule has 1 amide bonds. The summed E-state index contributed by atoms with van der Waals surface area (Å²) in [6.45, 7) is 2.19. The van der Waals surface area contributed by atoms with E-state index in [9.17, 15) is 4.79 Å². The minimum atomic E-state index is -0.751. The van der Waals surface area contributed by atoms with E-state index >= 15 is 0 Å².